The lowest BCUT2D eigenvalue weighted by atomic mass is 9.75. The number of aromatic nitrogens is 4. The van der Waals surface area contributed by atoms with Crippen LogP contribution in [0.2, 0.25) is 0 Å². The maximum Gasteiger partial charge on any atom is 0.252 e. The van der Waals surface area contributed by atoms with Crippen LogP contribution in [0.5, 0.6) is 0 Å². The van der Waals surface area contributed by atoms with E-state index in [4.69, 9.17) is 5.73 Å². The summed E-state index contributed by atoms with van der Waals surface area (Å²) in [6.45, 7) is 6.60. The first kappa shape index (κ1) is 13.8. The minimum atomic E-state index is 0.314. The molecule has 0 bridgehead atoms. The summed E-state index contributed by atoms with van der Waals surface area (Å²) in [5.41, 5.74) is 9.93. The smallest absolute Gasteiger partial charge is 0.252 e. The Hall–Kier alpha value is -2.17. The van der Waals surface area contributed by atoms with Crippen molar-refractivity contribution in [1.29, 1.82) is 0 Å². The lowest BCUT2D eigenvalue weighted by molar-refractivity contribution is 0.338. The van der Waals surface area contributed by atoms with E-state index in [9.17, 15) is 0 Å². The maximum absolute atomic E-state index is 6.34. The molecule has 0 aromatic carbocycles. The standard InChI is InChI=1S/C16H21N5/c1-11-13(12-6-4-7-16(2,3)10-12)14(17)21(20-11)15-18-8-5-9-19-15/h5-6,8-9H,4,7,10,17H2,1-3H3. The lowest BCUT2D eigenvalue weighted by Gasteiger charge is -2.29. The number of nitrogens with two attached hydrogens (primary N) is 1. The summed E-state index contributed by atoms with van der Waals surface area (Å²) in [4.78, 5) is 8.46. The summed E-state index contributed by atoms with van der Waals surface area (Å²) in [5, 5.41) is 4.53. The normalized spacial score (nSPS) is 17.6. The second kappa shape index (κ2) is 4.98. The minimum Gasteiger partial charge on any atom is -0.383 e. The highest BCUT2D eigenvalue weighted by Gasteiger charge is 2.27. The third-order valence-electron chi connectivity index (χ3n) is 4.04. The van der Waals surface area contributed by atoms with E-state index in [0.717, 1.165) is 24.1 Å². The quantitative estimate of drug-likeness (QED) is 0.919. The Balaban J connectivity index is 2.05. The van der Waals surface area contributed by atoms with Gasteiger partial charge in [0.1, 0.15) is 5.82 Å². The molecule has 0 unspecified atom stereocenters. The molecule has 0 amide bonds. The third kappa shape index (κ3) is 2.55. The first-order chi connectivity index (χ1) is 9.98. The van der Waals surface area contributed by atoms with Gasteiger partial charge in [0.05, 0.1) is 5.69 Å². The fourth-order valence-electron chi connectivity index (χ4n) is 3.00. The molecule has 0 saturated heterocycles. The number of nitrogen functional groups attached to an aromatic ring is 1. The summed E-state index contributed by atoms with van der Waals surface area (Å²) in [6, 6.07) is 1.78. The van der Waals surface area contributed by atoms with Crippen molar-refractivity contribution >= 4 is 11.4 Å². The van der Waals surface area contributed by atoms with Gasteiger partial charge in [0.15, 0.2) is 0 Å². The Morgan fingerprint density at radius 1 is 1.24 bits per heavy atom. The van der Waals surface area contributed by atoms with Crippen molar-refractivity contribution in [3.63, 3.8) is 0 Å². The van der Waals surface area contributed by atoms with Crippen molar-refractivity contribution in [2.24, 2.45) is 5.41 Å². The van der Waals surface area contributed by atoms with Gasteiger partial charge in [-0.15, -0.1) is 0 Å². The second-order valence-corrected chi connectivity index (χ2v) is 6.42. The van der Waals surface area contributed by atoms with Crippen molar-refractivity contribution in [2.75, 3.05) is 5.73 Å². The van der Waals surface area contributed by atoms with Crippen LogP contribution in [0.1, 0.15) is 44.4 Å². The first-order valence-corrected chi connectivity index (χ1v) is 7.30. The van der Waals surface area contributed by atoms with Gasteiger partial charge in [-0.1, -0.05) is 19.9 Å². The highest BCUT2D eigenvalue weighted by atomic mass is 15.4. The summed E-state index contributed by atoms with van der Waals surface area (Å²) in [5.74, 6) is 1.14. The number of allylic oxidation sites excluding steroid dienone is 2. The van der Waals surface area contributed by atoms with Crippen molar-refractivity contribution in [3.05, 3.63) is 35.8 Å². The molecule has 0 radical (unpaired) electrons. The Morgan fingerprint density at radius 3 is 2.62 bits per heavy atom. The molecule has 5 heteroatoms. The van der Waals surface area contributed by atoms with Gasteiger partial charge in [-0.05, 0) is 43.2 Å². The molecular formula is C16H21N5. The molecule has 0 atom stereocenters. The number of hydrogen-bond donors (Lipinski definition) is 1. The van der Waals surface area contributed by atoms with Gasteiger partial charge >= 0.3 is 0 Å². The lowest BCUT2D eigenvalue weighted by Crippen LogP contribution is -2.16. The van der Waals surface area contributed by atoms with Crippen LogP contribution in [-0.2, 0) is 0 Å². The maximum atomic E-state index is 6.34. The molecular weight excluding hydrogens is 262 g/mol. The molecule has 1 aliphatic carbocycles. The molecule has 0 spiro atoms. The van der Waals surface area contributed by atoms with Crippen LogP contribution >= 0.6 is 0 Å². The van der Waals surface area contributed by atoms with Crippen LogP contribution in [0.15, 0.2) is 24.5 Å². The Bertz CT molecular complexity index is 682. The van der Waals surface area contributed by atoms with Crippen LogP contribution < -0.4 is 5.73 Å². The van der Waals surface area contributed by atoms with Crippen molar-refractivity contribution < 1.29 is 0 Å². The first-order valence-electron chi connectivity index (χ1n) is 7.30. The topological polar surface area (TPSA) is 69.6 Å². The molecule has 21 heavy (non-hydrogen) atoms. The van der Waals surface area contributed by atoms with Crippen molar-refractivity contribution in [2.45, 2.75) is 40.0 Å². The number of nitrogens with zero attached hydrogens (tertiary/aromatic N) is 4. The zero-order valence-electron chi connectivity index (χ0n) is 12.8. The van der Waals surface area contributed by atoms with Crippen LogP contribution in [0.4, 0.5) is 5.82 Å². The predicted molar refractivity (Wildman–Crippen MR) is 83.9 cm³/mol. The highest BCUT2D eigenvalue weighted by molar-refractivity contribution is 5.76. The minimum absolute atomic E-state index is 0.314. The van der Waals surface area contributed by atoms with Crippen molar-refractivity contribution in [3.8, 4) is 5.95 Å². The number of aryl methyl sites for hydroxylation is 1. The summed E-state index contributed by atoms with van der Waals surface area (Å²) < 4.78 is 1.63. The average Bonchev–Trinajstić information content (AvgIpc) is 2.74. The van der Waals surface area contributed by atoms with E-state index in [0.29, 0.717) is 17.2 Å². The van der Waals surface area contributed by atoms with Crippen LogP contribution in [0.25, 0.3) is 11.5 Å². The Morgan fingerprint density at radius 2 is 1.95 bits per heavy atom. The van der Waals surface area contributed by atoms with E-state index >= 15 is 0 Å². The number of hydrogen-bond acceptors (Lipinski definition) is 4. The summed E-state index contributed by atoms with van der Waals surface area (Å²) >= 11 is 0. The van der Waals surface area contributed by atoms with Crippen LogP contribution in [0, 0.1) is 12.3 Å². The van der Waals surface area contributed by atoms with Gasteiger partial charge < -0.3 is 5.73 Å². The molecule has 5 nitrogen and oxygen atoms in total. The molecule has 1 aliphatic rings. The average molecular weight is 283 g/mol. The van der Waals surface area contributed by atoms with Gasteiger partial charge in [-0.25, -0.2) is 9.97 Å². The second-order valence-electron chi connectivity index (χ2n) is 6.42. The zero-order chi connectivity index (χ0) is 15.0. The Kier molecular flexibility index (Phi) is 3.27. The molecule has 0 saturated carbocycles. The van der Waals surface area contributed by atoms with Gasteiger partial charge in [-0.2, -0.15) is 9.78 Å². The van der Waals surface area contributed by atoms with Crippen LogP contribution in [-0.4, -0.2) is 19.7 Å². The molecule has 0 fully saturated rings. The van der Waals surface area contributed by atoms with E-state index in [1.54, 1.807) is 23.1 Å². The fourth-order valence-corrected chi connectivity index (χ4v) is 3.00. The predicted octanol–water partition coefficient (Wildman–Crippen LogP) is 3.15. The molecule has 0 aliphatic heterocycles. The van der Waals surface area contributed by atoms with Gasteiger partial charge in [0, 0.05) is 18.0 Å². The van der Waals surface area contributed by atoms with Gasteiger partial charge in [0.25, 0.3) is 5.95 Å². The van der Waals surface area contributed by atoms with E-state index in [1.807, 2.05) is 6.92 Å². The molecule has 110 valence electrons. The number of anilines is 1. The van der Waals surface area contributed by atoms with E-state index < -0.39 is 0 Å². The fraction of sp³-hybridized carbons (Fsp3) is 0.438. The van der Waals surface area contributed by atoms with Gasteiger partial charge in [-0.3, -0.25) is 0 Å². The monoisotopic (exact) mass is 283 g/mol. The zero-order valence-corrected chi connectivity index (χ0v) is 12.8. The molecule has 2 aromatic heterocycles. The molecule has 2 aromatic rings. The Labute approximate surface area is 124 Å². The molecule has 3 rings (SSSR count). The summed E-state index contributed by atoms with van der Waals surface area (Å²) in [6.07, 6.45) is 9.02. The van der Waals surface area contributed by atoms with Gasteiger partial charge in [0.2, 0.25) is 0 Å². The largest absolute Gasteiger partial charge is 0.383 e. The van der Waals surface area contributed by atoms with Crippen molar-refractivity contribution in [1.82, 2.24) is 19.7 Å². The number of rotatable bonds is 2. The molecule has 2 heterocycles. The van der Waals surface area contributed by atoms with E-state index in [1.165, 1.54) is 12.0 Å². The van der Waals surface area contributed by atoms with Crippen LogP contribution in [0.3, 0.4) is 0 Å². The highest BCUT2D eigenvalue weighted by Crippen LogP contribution is 2.41. The van der Waals surface area contributed by atoms with E-state index in [-0.39, 0.29) is 0 Å². The van der Waals surface area contributed by atoms with E-state index in [2.05, 4.69) is 35.0 Å². The third-order valence-corrected chi connectivity index (χ3v) is 4.04. The molecule has 2 N–H and O–H groups in total. The summed E-state index contributed by atoms with van der Waals surface area (Å²) in [7, 11) is 0. The SMILES string of the molecule is Cc1nn(-c2ncccn2)c(N)c1C1=CCCC(C)(C)C1.